The molecule has 9 heteroatoms. The summed E-state index contributed by atoms with van der Waals surface area (Å²) in [6.07, 6.45) is 4.37. The van der Waals surface area contributed by atoms with Gasteiger partial charge in [-0.3, -0.25) is 4.68 Å². The van der Waals surface area contributed by atoms with Crippen LogP contribution >= 0.6 is 23.4 Å². The van der Waals surface area contributed by atoms with Crippen LogP contribution in [0.2, 0.25) is 5.02 Å². The molecule has 1 fully saturated rings. The number of nitriles is 1. The van der Waals surface area contributed by atoms with Gasteiger partial charge in [0, 0.05) is 23.4 Å². The van der Waals surface area contributed by atoms with Crippen LogP contribution in [0.1, 0.15) is 18.0 Å². The second kappa shape index (κ2) is 10.6. The molecule has 7 nitrogen and oxygen atoms in total. The molecule has 178 valence electrons. The van der Waals surface area contributed by atoms with Gasteiger partial charge in [-0.25, -0.2) is 4.98 Å². The Labute approximate surface area is 213 Å². The summed E-state index contributed by atoms with van der Waals surface area (Å²) in [7, 11) is 0. The first-order valence-corrected chi connectivity index (χ1v) is 12.9. The van der Waals surface area contributed by atoms with Crippen molar-refractivity contribution in [3.8, 4) is 11.9 Å². The Morgan fingerprint density at radius 3 is 2.91 bits per heavy atom. The van der Waals surface area contributed by atoms with Crippen molar-refractivity contribution >= 4 is 45.8 Å². The van der Waals surface area contributed by atoms with Gasteiger partial charge in [-0.15, -0.1) is 11.8 Å². The molecule has 0 radical (unpaired) electrons. The van der Waals surface area contributed by atoms with E-state index in [4.69, 9.17) is 26.2 Å². The van der Waals surface area contributed by atoms with Crippen molar-refractivity contribution in [3.63, 3.8) is 0 Å². The lowest BCUT2D eigenvalue weighted by Crippen LogP contribution is -2.30. The third-order valence-corrected chi connectivity index (χ3v) is 7.24. The second-order valence-electron chi connectivity index (χ2n) is 8.22. The van der Waals surface area contributed by atoms with E-state index in [0.717, 1.165) is 27.0 Å². The molecule has 2 unspecified atom stereocenters. The highest BCUT2D eigenvalue weighted by molar-refractivity contribution is 7.98. The van der Waals surface area contributed by atoms with Crippen LogP contribution in [0.5, 0.6) is 5.88 Å². The van der Waals surface area contributed by atoms with Crippen LogP contribution < -0.4 is 10.1 Å². The average Bonchev–Trinajstić information content (AvgIpc) is 3.27. The number of nitrogens with one attached hydrogen (secondary N) is 1. The van der Waals surface area contributed by atoms with E-state index < -0.39 is 0 Å². The molecule has 1 N–H and O–H groups in total. The van der Waals surface area contributed by atoms with Gasteiger partial charge in [-0.05, 0) is 42.5 Å². The van der Waals surface area contributed by atoms with Gasteiger partial charge in [0.15, 0.2) is 5.82 Å². The second-order valence-corrected chi connectivity index (χ2v) is 9.47. The lowest BCUT2D eigenvalue weighted by atomic mass is 9.96. The van der Waals surface area contributed by atoms with E-state index in [1.54, 1.807) is 18.0 Å². The van der Waals surface area contributed by atoms with E-state index in [9.17, 15) is 5.26 Å². The lowest BCUT2D eigenvalue weighted by Gasteiger charge is -2.27. The first-order valence-electron chi connectivity index (χ1n) is 11.3. The highest BCUT2D eigenvalue weighted by Gasteiger charge is 2.31. The Bertz CT molecular complexity index is 1370. The molecule has 1 saturated heterocycles. The molecule has 2 atom stereocenters. The van der Waals surface area contributed by atoms with Crippen LogP contribution in [-0.2, 0) is 11.3 Å². The van der Waals surface area contributed by atoms with Crippen LogP contribution in [0.15, 0.2) is 65.7 Å². The normalized spacial score (nSPS) is 17.7. The standard InChI is InChI=1S/C26H24ClN5O2S/c1-35-23-13-19(7-8-20(23)27)30-25-24-21(32(31-25)22-16-33-12-10-18(22)14-28)9-11-29-26(24)34-15-17-5-3-2-4-6-17/h2-9,11,13,18,22H,10,12,15-16H2,1H3,(H,30,31). The van der Waals surface area contributed by atoms with Gasteiger partial charge in [0.2, 0.25) is 5.88 Å². The van der Waals surface area contributed by atoms with Gasteiger partial charge in [0.05, 0.1) is 35.2 Å². The predicted molar refractivity (Wildman–Crippen MR) is 138 cm³/mol. The number of benzene rings is 2. The van der Waals surface area contributed by atoms with Gasteiger partial charge >= 0.3 is 0 Å². The van der Waals surface area contributed by atoms with Crippen LogP contribution in [-0.4, -0.2) is 34.2 Å². The zero-order valence-electron chi connectivity index (χ0n) is 19.1. The Hall–Kier alpha value is -3.25. The molecule has 2 aromatic carbocycles. The number of halogens is 1. The van der Waals surface area contributed by atoms with E-state index in [2.05, 4.69) is 16.4 Å². The van der Waals surface area contributed by atoms with Crippen molar-refractivity contribution in [2.45, 2.75) is 24.0 Å². The third kappa shape index (κ3) is 4.94. The fourth-order valence-corrected chi connectivity index (χ4v) is 5.08. The van der Waals surface area contributed by atoms with Gasteiger partial charge in [-0.2, -0.15) is 10.4 Å². The highest BCUT2D eigenvalue weighted by Crippen LogP contribution is 2.38. The molecule has 5 rings (SSSR count). The summed E-state index contributed by atoms with van der Waals surface area (Å²) in [5.41, 5.74) is 2.72. The van der Waals surface area contributed by atoms with Crippen molar-refractivity contribution in [2.75, 3.05) is 24.8 Å². The van der Waals surface area contributed by atoms with E-state index in [1.807, 2.05) is 65.5 Å². The van der Waals surface area contributed by atoms with Gasteiger partial charge < -0.3 is 14.8 Å². The maximum Gasteiger partial charge on any atom is 0.227 e. The number of aromatic nitrogens is 3. The Morgan fingerprint density at radius 1 is 1.26 bits per heavy atom. The monoisotopic (exact) mass is 505 g/mol. The minimum Gasteiger partial charge on any atom is -0.472 e. The molecular formula is C26H24ClN5O2S. The van der Waals surface area contributed by atoms with E-state index in [1.165, 1.54) is 0 Å². The van der Waals surface area contributed by atoms with Crippen molar-refractivity contribution in [1.82, 2.24) is 14.8 Å². The van der Waals surface area contributed by atoms with Crippen molar-refractivity contribution in [3.05, 3.63) is 71.4 Å². The van der Waals surface area contributed by atoms with Crippen molar-refractivity contribution in [1.29, 1.82) is 5.26 Å². The molecule has 0 bridgehead atoms. The molecule has 2 aromatic heterocycles. The summed E-state index contributed by atoms with van der Waals surface area (Å²) in [6, 6.07) is 19.8. The van der Waals surface area contributed by atoms with E-state index in [-0.39, 0.29) is 12.0 Å². The summed E-state index contributed by atoms with van der Waals surface area (Å²) < 4.78 is 13.8. The van der Waals surface area contributed by atoms with Crippen LogP contribution in [0, 0.1) is 17.2 Å². The van der Waals surface area contributed by atoms with Crippen molar-refractivity contribution < 1.29 is 9.47 Å². The number of pyridine rings is 1. The minimum atomic E-state index is -0.205. The number of fused-ring (bicyclic) bond motifs is 1. The molecule has 4 aromatic rings. The van der Waals surface area contributed by atoms with Crippen LogP contribution in [0.4, 0.5) is 11.5 Å². The Balaban J connectivity index is 1.58. The Morgan fingerprint density at radius 2 is 2.11 bits per heavy atom. The number of hydrogen-bond acceptors (Lipinski definition) is 7. The molecular weight excluding hydrogens is 482 g/mol. The molecule has 3 heterocycles. The summed E-state index contributed by atoms with van der Waals surface area (Å²) in [6.45, 7) is 1.38. The molecule has 35 heavy (non-hydrogen) atoms. The summed E-state index contributed by atoms with van der Waals surface area (Å²) in [5.74, 6) is 0.886. The topological polar surface area (TPSA) is 85.0 Å². The maximum atomic E-state index is 9.77. The largest absolute Gasteiger partial charge is 0.472 e. The number of rotatable bonds is 7. The fraction of sp³-hybridized carbons (Fsp3) is 0.269. The van der Waals surface area contributed by atoms with Gasteiger partial charge in [0.25, 0.3) is 0 Å². The maximum absolute atomic E-state index is 9.77. The number of ether oxygens (including phenoxy) is 2. The third-order valence-electron chi connectivity index (χ3n) is 6.02. The minimum absolute atomic E-state index is 0.194. The summed E-state index contributed by atoms with van der Waals surface area (Å²) in [4.78, 5) is 5.50. The lowest BCUT2D eigenvalue weighted by molar-refractivity contribution is 0.0358. The number of thioether (sulfide) groups is 1. The van der Waals surface area contributed by atoms with E-state index >= 15 is 0 Å². The molecule has 1 aliphatic heterocycles. The Kier molecular flexibility index (Phi) is 7.09. The quantitative estimate of drug-likeness (QED) is 0.298. The summed E-state index contributed by atoms with van der Waals surface area (Å²) in [5, 5.41) is 19.6. The molecule has 0 spiro atoms. The zero-order chi connectivity index (χ0) is 24.2. The first kappa shape index (κ1) is 23.5. The van der Waals surface area contributed by atoms with Crippen LogP contribution in [0.25, 0.3) is 10.9 Å². The molecule has 1 aliphatic rings. The van der Waals surface area contributed by atoms with Crippen molar-refractivity contribution in [2.24, 2.45) is 5.92 Å². The number of nitrogens with zero attached hydrogens (tertiary/aromatic N) is 4. The summed E-state index contributed by atoms with van der Waals surface area (Å²) >= 11 is 7.89. The van der Waals surface area contributed by atoms with Gasteiger partial charge in [-0.1, -0.05) is 41.9 Å². The fourth-order valence-electron chi connectivity index (χ4n) is 4.22. The van der Waals surface area contributed by atoms with Gasteiger partial charge in [0.1, 0.15) is 12.0 Å². The smallest absolute Gasteiger partial charge is 0.227 e. The van der Waals surface area contributed by atoms with Crippen LogP contribution in [0.3, 0.4) is 0 Å². The zero-order valence-corrected chi connectivity index (χ0v) is 20.7. The molecule has 0 aliphatic carbocycles. The number of anilines is 2. The first-order chi connectivity index (χ1) is 17.2. The predicted octanol–water partition coefficient (Wildman–Crippen LogP) is 6.23. The molecule has 0 saturated carbocycles. The van der Waals surface area contributed by atoms with E-state index in [0.29, 0.717) is 43.0 Å². The highest BCUT2D eigenvalue weighted by atomic mass is 35.5. The average molecular weight is 506 g/mol. The SMILES string of the molecule is CSc1cc(Nc2nn(C3COCCC3C#N)c3ccnc(OCc4ccccc4)c23)ccc1Cl. The molecule has 0 amide bonds. The number of hydrogen-bond donors (Lipinski definition) is 1.